The van der Waals surface area contributed by atoms with Crippen LogP contribution in [0.2, 0.25) is 0 Å². The van der Waals surface area contributed by atoms with Crippen molar-refractivity contribution >= 4 is 0 Å². The van der Waals surface area contributed by atoms with Gasteiger partial charge >= 0.3 is 0 Å². The van der Waals surface area contributed by atoms with Crippen LogP contribution in [0.3, 0.4) is 0 Å². The Hall–Kier alpha value is -0.120. The zero-order valence-electron chi connectivity index (χ0n) is 11.3. The van der Waals surface area contributed by atoms with Gasteiger partial charge in [-0.05, 0) is 40.7 Å². The second-order valence-corrected chi connectivity index (χ2v) is 6.13. The van der Waals surface area contributed by atoms with Gasteiger partial charge in [-0.3, -0.25) is 0 Å². The van der Waals surface area contributed by atoms with E-state index in [4.69, 9.17) is 4.74 Å². The first-order valence-corrected chi connectivity index (χ1v) is 6.36. The fourth-order valence-corrected chi connectivity index (χ4v) is 2.28. The molecule has 1 saturated carbocycles. The summed E-state index contributed by atoms with van der Waals surface area (Å²) in [5.41, 5.74) is -0.498. The minimum absolute atomic E-state index is 0.0644. The van der Waals surface area contributed by atoms with E-state index in [2.05, 4.69) is 32.7 Å². The van der Waals surface area contributed by atoms with Crippen molar-refractivity contribution in [2.24, 2.45) is 0 Å². The third-order valence-electron chi connectivity index (χ3n) is 3.11. The molecule has 0 aliphatic heterocycles. The predicted molar refractivity (Wildman–Crippen MR) is 66.6 cm³/mol. The van der Waals surface area contributed by atoms with Gasteiger partial charge in [0.1, 0.15) is 0 Å². The summed E-state index contributed by atoms with van der Waals surface area (Å²) in [5.74, 6) is 0. The number of hydrogen-bond donors (Lipinski definition) is 1. The summed E-state index contributed by atoms with van der Waals surface area (Å²) in [7, 11) is 2.06. The highest BCUT2D eigenvalue weighted by Crippen LogP contribution is 2.29. The summed E-state index contributed by atoms with van der Waals surface area (Å²) in [6.07, 6.45) is 4.25. The maximum absolute atomic E-state index is 10.2. The molecule has 0 atom stereocenters. The molecule has 3 nitrogen and oxygen atoms in total. The maximum atomic E-state index is 10.2. The van der Waals surface area contributed by atoms with E-state index >= 15 is 0 Å². The lowest BCUT2D eigenvalue weighted by Crippen LogP contribution is -2.41. The maximum Gasteiger partial charge on any atom is 0.0774 e. The van der Waals surface area contributed by atoms with Crippen molar-refractivity contribution in [2.45, 2.75) is 57.7 Å². The van der Waals surface area contributed by atoms with E-state index < -0.39 is 5.60 Å². The Bertz CT molecular complexity index is 204. The molecule has 3 heteroatoms. The van der Waals surface area contributed by atoms with Gasteiger partial charge in [-0.1, -0.05) is 12.8 Å². The van der Waals surface area contributed by atoms with E-state index in [0.29, 0.717) is 0 Å². The SMILES string of the molecule is CN(CCOC(C)(C)C)CC1(O)CCCC1. The first kappa shape index (κ1) is 13.9. The zero-order chi connectivity index (χ0) is 12.2. The molecular weight excluding hydrogens is 202 g/mol. The van der Waals surface area contributed by atoms with Gasteiger partial charge in [0.25, 0.3) is 0 Å². The van der Waals surface area contributed by atoms with Gasteiger partial charge < -0.3 is 14.7 Å². The van der Waals surface area contributed by atoms with Crippen LogP contribution in [0, 0.1) is 0 Å². The molecule has 0 radical (unpaired) electrons. The molecule has 1 N–H and O–H groups in total. The normalized spacial score (nSPS) is 20.6. The predicted octanol–water partition coefficient (Wildman–Crippen LogP) is 2.04. The van der Waals surface area contributed by atoms with E-state index in [9.17, 15) is 5.11 Å². The fraction of sp³-hybridized carbons (Fsp3) is 1.00. The van der Waals surface area contributed by atoms with Crippen LogP contribution < -0.4 is 0 Å². The summed E-state index contributed by atoms with van der Waals surface area (Å²) >= 11 is 0. The van der Waals surface area contributed by atoms with Crippen molar-refractivity contribution in [1.29, 1.82) is 0 Å². The van der Waals surface area contributed by atoms with Crippen molar-refractivity contribution in [3.8, 4) is 0 Å². The molecule has 0 spiro atoms. The lowest BCUT2D eigenvalue weighted by Gasteiger charge is -2.29. The molecule has 1 aliphatic rings. The Kier molecular flexibility index (Phi) is 4.77. The van der Waals surface area contributed by atoms with E-state index in [0.717, 1.165) is 32.5 Å². The van der Waals surface area contributed by atoms with E-state index in [-0.39, 0.29) is 5.60 Å². The number of aliphatic hydroxyl groups is 1. The van der Waals surface area contributed by atoms with Gasteiger partial charge in [-0.15, -0.1) is 0 Å². The molecule has 0 aromatic carbocycles. The topological polar surface area (TPSA) is 32.7 Å². The molecule has 0 aromatic heterocycles. The molecule has 0 heterocycles. The molecule has 0 amide bonds. The number of likely N-dealkylation sites (N-methyl/N-ethyl adjacent to an activating group) is 1. The quantitative estimate of drug-likeness (QED) is 0.783. The first-order chi connectivity index (χ1) is 7.31. The molecular formula is C13H27NO2. The van der Waals surface area contributed by atoms with Crippen molar-refractivity contribution in [1.82, 2.24) is 4.90 Å². The van der Waals surface area contributed by atoms with E-state index in [1.54, 1.807) is 0 Å². The van der Waals surface area contributed by atoms with Gasteiger partial charge in [0, 0.05) is 13.1 Å². The van der Waals surface area contributed by atoms with Gasteiger partial charge in [0.05, 0.1) is 17.8 Å². The summed E-state index contributed by atoms with van der Waals surface area (Å²) in [4.78, 5) is 2.18. The Balaban J connectivity index is 2.18. The summed E-state index contributed by atoms with van der Waals surface area (Å²) < 4.78 is 5.67. The van der Waals surface area contributed by atoms with Crippen LogP contribution in [0.15, 0.2) is 0 Å². The minimum Gasteiger partial charge on any atom is -0.389 e. The van der Waals surface area contributed by atoms with Gasteiger partial charge in [0.2, 0.25) is 0 Å². The van der Waals surface area contributed by atoms with E-state index in [1.807, 2.05) is 0 Å². The Morgan fingerprint density at radius 1 is 1.25 bits per heavy atom. The summed E-state index contributed by atoms with van der Waals surface area (Å²) in [6.45, 7) is 8.60. The number of hydrogen-bond acceptors (Lipinski definition) is 3. The van der Waals surface area contributed by atoms with Gasteiger partial charge in [0.15, 0.2) is 0 Å². The smallest absolute Gasteiger partial charge is 0.0774 e. The Labute approximate surface area is 99.8 Å². The molecule has 0 unspecified atom stereocenters. The molecule has 1 fully saturated rings. The number of rotatable bonds is 5. The van der Waals surface area contributed by atoms with Gasteiger partial charge in [-0.2, -0.15) is 0 Å². The minimum atomic E-state index is -0.434. The molecule has 0 bridgehead atoms. The summed E-state index contributed by atoms with van der Waals surface area (Å²) in [5, 5.41) is 10.2. The monoisotopic (exact) mass is 229 g/mol. The average molecular weight is 229 g/mol. The molecule has 1 rings (SSSR count). The highest BCUT2D eigenvalue weighted by Gasteiger charge is 2.31. The van der Waals surface area contributed by atoms with Gasteiger partial charge in [-0.25, -0.2) is 0 Å². The lowest BCUT2D eigenvalue weighted by atomic mass is 10.0. The third kappa shape index (κ3) is 5.28. The molecule has 96 valence electrons. The highest BCUT2D eigenvalue weighted by atomic mass is 16.5. The first-order valence-electron chi connectivity index (χ1n) is 6.36. The van der Waals surface area contributed by atoms with Crippen LogP contribution >= 0.6 is 0 Å². The molecule has 16 heavy (non-hydrogen) atoms. The molecule has 1 aliphatic carbocycles. The van der Waals surface area contributed by atoms with Crippen molar-refractivity contribution in [3.05, 3.63) is 0 Å². The van der Waals surface area contributed by atoms with Crippen molar-refractivity contribution in [3.63, 3.8) is 0 Å². The molecule has 0 aromatic rings. The van der Waals surface area contributed by atoms with Crippen LogP contribution in [0.5, 0.6) is 0 Å². The second-order valence-electron chi connectivity index (χ2n) is 6.13. The number of ether oxygens (including phenoxy) is 1. The van der Waals surface area contributed by atoms with E-state index in [1.165, 1.54) is 12.8 Å². The average Bonchev–Trinajstić information content (AvgIpc) is 2.49. The Morgan fingerprint density at radius 2 is 1.81 bits per heavy atom. The zero-order valence-corrected chi connectivity index (χ0v) is 11.3. The lowest BCUT2D eigenvalue weighted by molar-refractivity contribution is -0.0259. The van der Waals surface area contributed by atoms with Crippen molar-refractivity contribution in [2.75, 3.05) is 26.7 Å². The highest BCUT2D eigenvalue weighted by molar-refractivity contribution is 4.86. The van der Waals surface area contributed by atoms with Crippen molar-refractivity contribution < 1.29 is 9.84 Å². The molecule has 0 saturated heterocycles. The van der Waals surface area contributed by atoms with Crippen LogP contribution in [-0.4, -0.2) is 48.0 Å². The van der Waals surface area contributed by atoms with Crippen LogP contribution in [0.1, 0.15) is 46.5 Å². The Morgan fingerprint density at radius 3 is 2.31 bits per heavy atom. The second kappa shape index (κ2) is 5.48. The standard InChI is InChI=1S/C13H27NO2/c1-12(2,3)16-10-9-14(4)11-13(15)7-5-6-8-13/h15H,5-11H2,1-4H3. The van der Waals surface area contributed by atoms with Crippen LogP contribution in [0.25, 0.3) is 0 Å². The fourth-order valence-electron chi connectivity index (χ4n) is 2.28. The van der Waals surface area contributed by atoms with Crippen LogP contribution in [-0.2, 0) is 4.74 Å². The van der Waals surface area contributed by atoms with Crippen LogP contribution in [0.4, 0.5) is 0 Å². The third-order valence-corrected chi connectivity index (χ3v) is 3.11. The number of nitrogens with zero attached hydrogens (tertiary/aromatic N) is 1. The largest absolute Gasteiger partial charge is 0.389 e. The summed E-state index contributed by atoms with van der Waals surface area (Å²) in [6, 6.07) is 0.